The first-order valence-corrected chi connectivity index (χ1v) is 7.84. The number of benzene rings is 1. The summed E-state index contributed by atoms with van der Waals surface area (Å²) in [4.78, 5) is 2.44. The lowest BCUT2D eigenvalue weighted by atomic mass is 9.92. The SMILES string of the molecule is CCOc1ccccc1C(CN)N1CCCC(C)(OC)C1. The third kappa shape index (κ3) is 3.76. The van der Waals surface area contributed by atoms with E-state index in [1.165, 1.54) is 5.56 Å². The average molecular weight is 292 g/mol. The minimum Gasteiger partial charge on any atom is -0.494 e. The van der Waals surface area contributed by atoms with Gasteiger partial charge in [0.1, 0.15) is 5.75 Å². The van der Waals surface area contributed by atoms with Gasteiger partial charge >= 0.3 is 0 Å². The maximum Gasteiger partial charge on any atom is 0.124 e. The lowest BCUT2D eigenvalue weighted by molar-refractivity contribution is -0.0610. The summed E-state index contributed by atoms with van der Waals surface area (Å²) in [5, 5.41) is 0. The highest BCUT2D eigenvalue weighted by atomic mass is 16.5. The maximum absolute atomic E-state index is 6.09. The van der Waals surface area contributed by atoms with Gasteiger partial charge in [0.2, 0.25) is 0 Å². The molecule has 0 bridgehead atoms. The van der Waals surface area contributed by atoms with Gasteiger partial charge in [0, 0.05) is 25.8 Å². The lowest BCUT2D eigenvalue weighted by Crippen LogP contribution is -2.49. The molecule has 1 aromatic rings. The maximum atomic E-state index is 6.09. The number of hydrogen-bond acceptors (Lipinski definition) is 4. The van der Waals surface area contributed by atoms with Crippen LogP contribution in [-0.4, -0.2) is 43.9 Å². The highest BCUT2D eigenvalue weighted by molar-refractivity contribution is 5.36. The minimum absolute atomic E-state index is 0.0772. The van der Waals surface area contributed by atoms with Crippen LogP contribution >= 0.6 is 0 Å². The van der Waals surface area contributed by atoms with Crippen molar-refractivity contribution in [3.05, 3.63) is 29.8 Å². The predicted octanol–water partition coefficient (Wildman–Crippen LogP) is 2.59. The summed E-state index contributed by atoms with van der Waals surface area (Å²) in [5.41, 5.74) is 7.20. The number of para-hydroxylation sites is 1. The average Bonchev–Trinajstić information content (AvgIpc) is 2.50. The Labute approximate surface area is 128 Å². The quantitative estimate of drug-likeness (QED) is 0.875. The molecule has 0 spiro atoms. The van der Waals surface area contributed by atoms with Crippen LogP contribution in [-0.2, 0) is 4.74 Å². The number of rotatable bonds is 6. The van der Waals surface area contributed by atoms with Crippen LogP contribution < -0.4 is 10.5 Å². The Balaban J connectivity index is 2.23. The molecule has 2 unspecified atom stereocenters. The van der Waals surface area contributed by atoms with E-state index in [-0.39, 0.29) is 11.6 Å². The molecule has 1 heterocycles. The second kappa shape index (κ2) is 7.25. The van der Waals surface area contributed by atoms with Gasteiger partial charge in [-0.2, -0.15) is 0 Å². The fraction of sp³-hybridized carbons (Fsp3) is 0.647. The number of methoxy groups -OCH3 is 1. The Morgan fingerprint density at radius 2 is 2.14 bits per heavy atom. The molecule has 1 aromatic carbocycles. The number of nitrogens with zero attached hydrogens (tertiary/aromatic N) is 1. The smallest absolute Gasteiger partial charge is 0.124 e. The minimum atomic E-state index is -0.0772. The zero-order valence-electron chi connectivity index (χ0n) is 13.5. The van der Waals surface area contributed by atoms with Crippen molar-refractivity contribution in [2.75, 3.05) is 33.4 Å². The van der Waals surface area contributed by atoms with Crippen molar-refractivity contribution in [3.8, 4) is 5.75 Å². The molecule has 118 valence electrons. The van der Waals surface area contributed by atoms with E-state index in [1.54, 1.807) is 7.11 Å². The zero-order chi connectivity index (χ0) is 15.3. The monoisotopic (exact) mass is 292 g/mol. The molecule has 0 aliphatic carbocycles. The van der Waals surface area contributed by atoms with E-state index in [0.717, 1.165) is 31.7 Å². The van der Waals surface area contributed by atoms with E-state index in [2.05, 4.69) is 24.0 Å². The number of piperidine rings is 1. The fourth-order valence-corrected chi connectivity index (χ4v) is 3.19. The van der Waals surface area contributed by atoms with Gasteiger partial charge in [0.05, 0.1) is 18.2 Å². The summed E-state index contributed by atoms with van der Waals surface area (Å²) in [6, 6.07) is 8.40. The van der Waals surface area contributed by atoms with Crippen LogP contribution in [0.1, 0.15) is 38.3 Å². The summed E-state index contributed by atoms with van der Waals surface area (Å²) in [5.74, 6) is 0.945. The van der Waals surface area contributed by atoms with Crippen LogP contribution in [0.5, 0.6) is 5.75 Å². The standard InChI is InChI=1S/C17H28N2O2/c1-4-21-16-9-6-5-8-14(16)15(12-18)19-11-7-10-17(2,13-19)20-3/h5-6,8-9,15H,4,7,10-13,18H2,1-3H3. The summed E-state index contributed by atoms with van der Waals surface area (Å²) in [6.07, 6.45) is 2.24. The second-order valence-corrected chi connectivity index (χ2v) is 5.95. The van der Waals surface area contributed by atoms with Crippen LogP contribution in [0.15, 0.2) is 24.3 Å². The molecular formula is C17H28N2O2. The first-order valence-electron chi connectivity index (χ1n) is 7.84. The van der Waals surface area contributed by atoms with Crippen molar-refractivity contribution in [2.24, 2.45) is 5.73 Å². The normalized spacial score (nSPS) is 24.8. The van der Waals surface area contributed by atoms with Crippen LogP contribution in [0, 0.1) is 0 Å². The topological polar surface area (TPSA) is 47.7 Å². The largest absolute Gasteiger partial charge is 0.494 e. The van der Waals surface area contributed by atoms with E-state index in [0.29, 0.717) is 13.2 Å². The Morgan fingerprint density at radius 1 is 1.38 bits per heavy atom. The molecule has 2 N–H and O–H groups in total. The lowest BCUT2D eigenvalue weighted by Gasteiger charge is -2.43. The predicted molar refractivity (Wildman–Crippen MR) is 85.6 cm³/mol. The summed E-state index contributed by atoms with van der Waals surface area (Å²) in [6.45, 7) is 7.42. The summed E-state index contributed by atoms with van der Waals surface area (Å²) in [7, 11) is 1.80. The van der Waals surface area contributed by atoms with Gasteiger partial charge in [-0.25, -0.2) is 0 Å². The van der Waals surface area contributed by atoms with Gasteiger partial charge in [0.25, 0.3) is 0 Å². The van der Waals surface area contributed by atoms with Gasteiger partial charge in [0.15, 0.2) is 0 Å². The Kier molecular flexibility index (Phi) is 5.62. The molecule has 0 amide bonds. The molecule has 21 heavy (non-hydrogen) atoms. The van der Waals surface area contributed by atoms with Crippen molar-refractivity contribution >= 4 is 0 Å². The fourth-order valence-electron chi connectivity index (χ4n) is 3.19. The third-order valence-corrected chi connectivity index (χ3v) is 4.42. The van der Waals surface area contributed by atoms with Crippen LogP contribution in [0.2, 0.25) is 0 Å². The molecule has 0 aromatic heterocycles. The van der Waals surface area contributed by atoms with E-state index in [4.69, 9.17) is 15.2 Å². The van der Waals surface area contributed by atoms with Crippen molar-refractivity contribution in [1.82, 2.24) is 4.90 Å². The van der Waals surface area contributed by atoms with Crippen molar-refractivity contribution in [2.45, 2.75) is 38.3 Å². The molecule has 0 saturated carbocycles. The van der Waals surface area contributed by atoms with Gasteiger partial charge in [-0.15, -0.1) is 0 Å². The van der Waals surface area contributed by atoms with Gasteiger partial charge in [-0.3, -0.25) is 4.90 Å². The van der Waals surface area contributed by atoms with E-state index in [9.17, 15) is 0 Å². The summed E-state index contributed by atoms with van der Waals surface area (Å²) < 4.78 is 11.5. The number of hydrogen-bond donors (Lipinski definition) is 1. The van der Waals surface area contributed by atoms with Gasteiger partial charge in [-0.1, -0.05) is 18.2 Å². The number of likely N-dealkylation sites (tertiary alicyclic amines) is 1. The van der Waals surface area contributed by atoms with Crippen LogP contribution in [0.3, 0.4) is 0 Å². The number of nitrogens with two attached hydrogens (primary N) is 1. The van der Waals surface area contributed by atoms with Crippen molar-refractivity contribution in [1.29, 1.82) is 0 Å². The van der Waals surface area contributed by atoms with E-state index < -0.39 is 0 Å². The molecule has 1 aliphatic rings. The Morgan fingerprint density at radius 3 is 2.81 bits per heavy atom. The first kappa shape index (κ1) is 16.3. The van der Waals surface area contributed by atoms with Gasteiger partial charge in [-0.05, 0) is 39.3 Å². The molecule has 2 atom stereocenters. The van der Waals surface area contributed by atoms with Crippen molar-refractivity contribution in [3.63, 3.8) is 0 Å². The molecule has 0 radical (unpaired) electrons. The van der Waals surface area contributed by atoms with E-state index >= 15 is 0 Å². The molecule has 2 rings (SSSR count). The Hall–Kier alpha value is -1.10. The highest BCUT2D eigenvalue weighted by Gasteiger charge is 2.34. The van der Waals surface area contributed by atoms with E-state index in [1.807, 2.05) is 19.1 Å². The first-order chi connectivity index (χ1) is 10.1. The summed E-state index contributed by atoms with van der Waals surface area (Å²) >= 11 is 0. The van der Waals surface area contributed by atoms with Crippen LogP contribution in [0.25, 0.3) is 0 Å². The molecular weight excluding hydrogens is 264 g/mol. The zero-order valence-corrected chi connectivity index (χ0v) is 13.5. The molecule has 4 nitrogen and oxygen atoms in total. The third-order valence-electron chi connectivity index (χ3n) is 4.42. The molecule has 1 aliphatic heterocycles. The molecule has 1 saturated heterocycles. The second-order valence-electron chi connectivity index (χ2n) is 5.95. The molecule has 1 fully saturated rings. The Bertz CT molecular complexity index is 452. The van der Waals surface area contributed by atoms with Gasteiger partial charge < -0.3 is 15.2 Å². The molecule has 4 heteroatoms. The number of ether oxygens (including phenoxy) is 2. The van der Waals surface area contributed by atoms with Crippen LogP contribution in [0.4, 0.5) is 0 Å². The van der Waals surface area contributed by atoms with Crippen molar-refractivity contribution < 1.29 is 9.47 Å². The highest BCUT2D eigenvalue weighted by Crippen LogP contribution is 2.33.